The molecule has 0 amide bonds. The lowest BCUT2D eigenvalue weighted by Gasteiger charge is -2.28. The van der Waals surface area contributed by atoms with Gasteiger partial charge >= 0.3 is 0 Å². The van der Waals surface area contributed by atoms with Crippen molar-refractivity contribution in [1.82, 2.24) is 10.6 Å². The molecule has 3 unspecified atom stereocenters. The summed E-state index contributed by atoms with van der Waals surface area (Å²) in [6.45, 7) is 4.86. The lowest BCUT2D eigenvalue weighted by Crippen LogP contribution is -2.47. The lowest BCUT2D eigenvalue weighted by atomic mass is 10.0. The zero-order valence-corrected chi connectivity index (χ0v) is 12.2. The topological polar surface area (TPSA) is 53.5 Å². The van der Waals surface area contributed by atoms with Gasteiger partial charge in [0.2, 0.25) is 0 Å². The van der Waals surface area contributed by atoms with Crippen molar-refractivity contribution in [3.05, 3.63) is 35.9 Å². The molecule has 3 N–H and O–H groups in total. The molecule has 0 bridgehead atoms. The fourth-order valence-electron chi connectivity index (χ4n) is 2.74. The van der Waals surface area contributed by atoms with Gasteiger partial charge in [-0.15, -0.1) is 0 Å². The van der Waals surface area contributed by atoms with Crippen molar-refractivity contribution in [3.63, 3.8) is 0 Å². The molecule has 1 aliphatic rings. The van der Waals surface area contributed by atoms with Gasteiger partial charge in [0.25, 0.3) is 0 Å². The molecule has 4 nitrogen and oxygen atoms in total. The molecule has 2 rings (SSSR count). The maximum atomic E-state index is 9.54. The smallest absolute Gasteiger partial charge is 0.0620 e. The van der Waals surface area contributed by atoms with E-state index < -0.39 is 0 Å². The highest BCUT2D eigenvalue weighted by atomic mass is 16.5. The van der Waals surface area contributed by atoms with E-state index in [4.69, 9.17) is 4.74 Å². The quantitative estimate of drug-likeness (QED) is 0.695. The van der Waals surface area contributed by atoms with E-state index in [2.05, 4.69) is 29.7 Å². The van der Waals surface area contributed by atoms with Gasteiger partial charge in [0.05, 0.1) is 19.8 Å². The molecule has 112 valence electrons. The minimum Gasteiger partial charge on any atom is -0.395 e. The summed E-state index contributed by atoms with van der Waals surface area (Å²) >= 11 is 0. The van der Waals surface area contributed by atoms with Crippen LogP contribution in [0.5, 0.6) is 0 Å². The molecule has 0 aromatic heterocycles. The SMILES string of the molecule is CC(CC1COCCN1)NC(CO)Cc1ccccc1. The van der Waals surface area contributed by atoms with Gasteiger partial charge in [0.15, 0.2) is 0 Å². The summed E-state index contributed by atoms with van der Waals surface area (Å²) in [6, 6.07) is 11.2. The molecule has 0 aliphatic carbocycles. The van der Waals surface area contributed by atoms with Crippen molar-refractivity contribution in [2.75, 3.05) is 26.4 Å². The average molecular weight is 278 g/mol. The predicted molar refractivity (Wildman–Crippen MR) is 80.8 cm³/mol. The van der Waals surface area contributed by atoms with E-state index in [9.17, 15) is 5.11 Å². The molecule has 1 aromatic carbocycles. The van der Waals surface area contributed by atoms with Crippen molar-refractivity contribution in [1.29, 1.82) is 0 Å². The minimum absolute atomic E-state index is 0.108. The van der Waals surface area contributed by atoms with Gasteiger partial charge in [-0.05, 0) is 25.3 Å². The normalized spacial score (nSPS) is 22.4. The second-order valence-electron chi connectivity index (χ2n) is 5.60. The van der Waals surface area contributed by atoms with E-state index in [1.165, 1.54) is 5.56 Å². The molecule has 20 heavy (non-hydrogen) atoms. The third kappa shape index (κ3) is 5.21. The fraction of sp³-hybridized carbons (Fsp3) is 0.625. The van der Waals surface area contributed by atoms with Crippen molar-refractivity contribution < 1.29 is 9.84 Å². The Hall–Kier alpha value is -0.940. The van der Waals surface area contributed by atoms with Gasteiger partial charge in [-0.25, -0.2) is 0 Å². The Labute approximate surface area is 121 Å². The Morgan fingerprint density at radius 1 is 1.40 bits per heavy atom. The molecule has 1 fully saturated rings. The summed E-state index contributed by atoms with van der Waals surface area (Å²) in [6.07, 6.45) is 1.88. The molecule has 1 aromatic rings. The number of aliphatic hydroxyl groups is 1. The maximum absolute atomic E-state index is 9.54. The van der Waals surface area contributed by atoms with E-state index in [-0.39, 0.29) is 12.6 Å². The number of benzene rings is 1. The second-order valence-corrected chi connectivity index (χ2v) is 5.60. The summed E-state index contributed by atoms with van der Waals surface area (Å²) in [7, 11) is 0. The summed E-state index contributed by atoms with van der Waals surface area (Å²) < 4.78 is 5.47. The summed E-state index contributed by atoms with van der Waals surface area (Å²) in [5.74, 6) is 0. The third-order valence-electron chi connectivity index (χ3n) is 3.70. The molecule has 0 spiro atoms. The molecule has 1 heterocycles. The standard InChI is InChI=1S/C16H26N2O2/c1-13(9-16-12-20-8-7-17-16)18-15(11-19)10-14-5-3-2-4-6-14/h2-6,13,15-19H,7-12H2,1H3. The number of morpholine rings is 1. The van der Waals surface area contributed by atoms with Crippen LogP contribution in [0.25, 0.3) is 0 Å². The first-order valence-electron chi connectivity index (χ1n) is 7.50. The van der Waals surface area contributed by atoms with E-state index in [1.54, 1.807) is 0 Å². The third-order valence-corrected chi connectivity index (χ3v) is 3.70. The van der Waals surface area contributed by atoms with Gasteiger partial charge in [0.1, 0.15) is 0 Å². The van der Waals surface area contributed by atoms with Gasteiger partial charge in [-0.1, -0.05) is 30.3 Å². The van der Waals surface area contributed by atoms with Crippen molar-refractivity contribution in [2.24, 2.45) is 0 Å². The number of hydrogen-bond donors (Lipinski definition) is 3. The van der Waals surface area contributed by atoms with Gasteiger partial charge in [-0.3, -0.25) is 0 Å². The molecular weight excluding hydrogens is 252 g/mol. The fourth-order valence-corrected chi connectivity index (χ4v) is 2.74. The molecule has 1 aliphatic heterocycles. The number of aliphatic hydroxyl groups excluding tert-OH is 1. The Bertz CT molecular complexity index is 366. The zero-order chi connectivity index (χ0) is 14.2. The maximum Gasteiger partial charge on any atom is 0.0620 e. The Morgan fingerprint density at radius 2 is 2.20 bits per heavy atom. The highest BCUT2D eigenvalue weighted by Crippen LogP contribution is 2.07. The first kappa shape index (κ1) is 15.4. The van der Waals surface area contributed by atoms with Crippen LogP contribution in [-0.2, 0) is 11.2 Å². The summed E-state index contributed by atoms with van der Waals surface area (Å²) in [5, 5.41) is 16.5. The molecular formula is C16H26N2O2. The van der Waals surface area contributed by atoms with Crippen LogP contribution >= 0.6 is 0 Å². The highest BCUT2D eigenvalue weighted by Gasteiger charge is 2.18. The van der Waals surface area contributed by atoms with E-state index in [1.807, 2.05) is 18.2 Å². The van der Waals surface area contributed by atoms with Gasteiger partial charge < -0.3 is 20.5 Å². The van der Waals surface area contributed by atoms with E-state index in [0.717, 1.165) is 32.6 Å². The number of rotatable bonds is 7. The summed E-state index contributed by atoms with van der Waals surface area (Å²) in [5.41, 5.74) is 1.25. The zero-order valence-electron chi connectivity index (χ0n) is 12.2. The van der Waals surface area contributed by atoms with E-state index >= 15 is 0 Å². The van der Waals surface area contributed by atoms with Crippen LogP contribution in [0.15, 0.2) is 30.3 Å². The predicted octanol–water partition coefficient (Wildman–Crippen LogP) is 0.947. The highest BCUT2D eigenvalue weighted by molar-refractivity contribution is 5.15. The molecule has 4 heteroatoms. The van der Waals surface area contributed by atoms with Crippen LogP contribution in [0.4, 0.5) is 0 Å². The number of nitrogens with one attached hydrogen (secondary N) is 2. The van der Waals surface area contributed by atoms with Crippen molar-refractivity contribution >= 4 is 0 Å². The Kier molecular flexibility index (Phi) is 6.47. The van der Waals surface area contributed by atoms with Crippen molar-refractivity contribution in [3.8, 4) is 0 Å². The molecule has 3 atom stereocenters. The first-order chi connectivity index (χ1) is 9.78. The van der Waals surface area contributed by atoms with Crippen LogP contribution < -0.4 is 10.6 Å². The summed E-state index contributed by atoms with van der Waals surface area (Å²) in [4.78, 5) is 0. The molecule has 0 radical (unpaired) electrons. The first-order valence-corrected chi connectivity index (χ1v) is 7.50. The second kappa shape index (κ2) is 8.37. The van der Waals surface area contributed by atoms with E-state index in [0.29, 0.717) is 12.1 Å². The Morgan fingerprint density at radius 3 is 2.85 bits per heavy atom. The largest absolute Gasteiger partial charge is 0.395 e. The average Bonchev–Trinajstić information content (AvgIpc) is 2.48. The number of ether oxygens (including phenoxy) is 1. The molecule has 1 saturated heterocycles. The van der Waals surface area contributed by atoms with Crippen LogP contribution in [-0.4, -0.2) is 49.6 Å². The number of hydrogen-bond acceptors (Lipinski definition) is 4. The van der Waals surface area contributed by atoms with Crippen LogP contribution in [0.3, 0.4) is 0 Å². The van der Waals surface area contributed by atoms with Crippen molar-refractivity contribution in [2.45, 2.75) is 37.9 Å². The van der Waals surface area contributed by atoms with Crippen LogP contribution in [0.1, 0.15) is 18.9 Å². The van der Waals surface area contributed by atoms with Crippen LogP contribution in [0, 0.1) is 0 Å². The van der Waals surface area contributed by atoms with Crippen LogP contribution in [0.2, 0.25) is 0 Å². The monoisotopic (exact) mass is 278 g/mol. The van der Waals surface area contributed by atoms with Gasteiger partial charge in [-0.2, -0.15) is 0 Å². The lowest BCUT2D eigenvalue weighted by molar-refractivity contribution is 0.0702. The molecule has 0 saturated carbocycles. The minimum atomic E-state index is 0.108. The Balaban J connectivity index is 1.76. The van der Waals surface area contributed by atoms with Gasteiger partial charge in [0, 0.05) is 24.7 Å².